The fraction of sp³-hybridized carbons (Fsp3) is 0.487. The van der Waals surface area contributed by atoms with E-state index in [-0.39, 0.29) is 48.5 Å². The van der Waals surface area contributed by atoms with E-state index in [0.29, 0.717) is 47.9 Å². The van der Waals surface area contributed by atoms with E-state index in [1.54, 1.807) is 38.1 Å². The molecule has 2 saturated heterocycles. The minimum atomic E-state index is -1.29. The van der Waals surface area contributed by atoms with E-state index in [1.807, 2.05) is 20.9 Å². The number of nitriles is 1. The van der Waals surface area contributed by atoms with Gasteiger partial charge in [0.2, 0.25) is 6.79 Å². The number of phenols is 2. The summed E-state index contributed by atoms with van der Waals surface area (Å²) in [6, 6.07) is 5.88. The molecule has 0 saturated carbocycles. The zero-order valence-corrected chi connectivity index (χ0v) is 31.3. The lowest BCUT2D eigenvalue weighted by Crippen LogP contribution is -2.69. The fourth-order valence-electron chi connectivity index (χ4n) is 10.2. The number of methoxy groups -OCH3 is 3. The van der Waals surface area contributed by atoms with E-state index in [2.05, 4.69) is 27.3 Å². The third-order valence-electron chi connectivity index (χ3n) is 12.4. The van der Waals surface area contributed by atoms with Crippen molar-refractivity contribution < 1.29 is 43.4 Å². The SMILES string of the molecule is COc1cc2c(cc1O)CCN[C@]21CS[C@@H]2c3c(OC)c(C)c4c(c3[C@@H](COC1=O)N1C2[C@H]2c3c(cc(C)c(OC)c3O)C[C@@H]([C@@H]1C#N)N2C)OCO4. The molecule has 53 heavy (non-hydrogen) atoms. The Morgan fingerprint density at radius 3 is 2.51 bits per heavy atom. The summed E-state index contributed by atoms with van der Waals surface area (Å²) in [7, 11) is 6.73. The average Bonchev–Trinajstić information content (AvgIpc) is 3.64. The molecule has 3 aromatic rings. The van der Waals surface area contributed by atoms with Crippen molar-refractivity contribution in [2.24, 2.45) is 0 Å². The normalized spacial score (nSPS) is 29.6. The quantitative estimate of drug-likeness (QED) is 0.330. The van der Waals surface area contributed by atoms with Gasteiger partial charge in [-0.05, 0) is 68.1 Å². The largest absolute Gasteiger partial charge is 0.504 e. The van der Waals surface area contributed by atoms with Crippen LogP contribution in [0.3, 0.4) is 0 Å². The van der Waals surface area contributed by atoms with Gasteiger partial charge in [-0.3, -0.25) is 15.1 Å². The van der Waals surface area contributed by atoms with E-state index < -0.39 is 34.9 Å². The second-order valence-electron chi connectivity index (χ2n) is 14.7. The first-order valence-corrected chi connectivity index (χ1v) is 18.9. The summed E-state index contributed by atoms with van der Waals surface area (Å²) >= 11 is 1.58. The molecule has 1 spiro atoms. The Morgan fingerprint density at radius 2 is 1.77 bits per heavy atom. The number of phenolic OH excluding ortho intramolecular Hbond substituents is 2. The molecule has 1 unspecified atom stereocenters. The van der Waals surface area contributed by atoms with Gasteiger partial charge in [0, 0.05) is 46.6 Å². The number of thioether (sulfide) groups is 1. The summed E-state index contributed by atoms with van der Waals surface area (Å²) in [4.78, 5) is 19.2. The number of hydrogen-bond acceptors (Lipinski definition) is 14. The van der Waals surface area contributed by atoms with Crippen molar-refractivity contribution in [2.45, 2.75) is 67.7 Å². The first kappa shape index (κ1) is 34.2. The van der Waals surface area contributed by atoms with E-state index in [9.17, 15) is 20.3 Å². The summed E-state index contributed by atoms with van der Waals surface area (Å²) in [5.41, 5.74) is 5.29. The minimum absolute atomic E-state index is 0.00729. The molecule has 10 rings (SSSR count). The van der Waals surface area contributed by atoms with Crippen molar-refractivity contribution in [2.75, 3.05) is 54.1 Å². The molecule has 13 nitrogen and oxygen atoms in total. The first-order chi connectivity index (χ1) is 25.6. The smallest absolute Gasteiger partial charge is 0.331 e. The Balaban J connectivity index is 1.32. The Labute approximate surface area is 311 Å². The van der Waals surface area contributed by atoms with Crippen LogP contribution in [-0.2, 0) is 27.9 Å². The third kappa shape index (κ3) is 4.51. The van der Waals surface area contributed by atoms with Gasteiger partial charge in [0.05, 0.1) is 44.7 Å². The Bertz CT molecular complexity index is 2120. The number of likely N-dealkylation sites (N-methyl/N-ethyl adjacent to an activating group) is 1. The zero-order chi connectivity index (χ0) is 37.1. The number of nitrogens with zero attached hydrogens (tertiary/aromatic N) is 3. The summed E-state index contributed by atoms with van der Waals surface area (Å²) in [6.07, 6.45) is 1.14. The Hall–Kier alpha value is -4.55. The molecule has 0 radical (unpaired) electrons. The number of ether oxygens (including phenoxy) is 6. The molecule has 7 aliphatic heterocycles. The molecule has 7 aliphatic rings. The predicted octanol–water partition coefficient (Wildman–Crippen LogP) is 4.07. The van der Waals surface area contributed by atoms with Crippen molar-refractivity contribution in [3.63, 3.8) is 0 Å². The lowest BCUT2D eigenvalue weighted by Gasteiger charge is -2.62. The monoisotopic (exact) mass is 742 g/mol. The molecule has 278 valence electrons. The number of carbonyl (C=O) groups is 1. The highest BCUT2D eigenvalue weighted by Crippen LogP contribution is 2.64. The minimum Gasteiger partial charge on any atom is -0.504 e. The van der Waals surface area contributed by atoms with Crippen LogP contribution in [0.25, 0.3) is 0 Å². The molecular weight excluding hydrogens is 701 g/mol. The predicted molar refractivity (Wildman–Crippen MR) is 193 cm³/mol. The Morgan fingerprint density at radius 1 is 1.00 bits per heavy atom. The number of rotatable bonds is 3. The summed E-state index contributed by atoms with van der Waals surface area (Å²) < 4.78 is 36.3. The standard InChI is InChI=1S/C39H42N4O9S/c1-17-9-20-10-22-23(13-40)43-24-14-50-38(46)39(21-12-26(47-4)25(44)11-19(21)7-8-41-39)15-53-37(31(43)30(42(22)3)27(20)32(45)33(17)48-5)29-28(24)36-35(51-16-52-36)18(2)34(29)49-6/h9,11-12,22-24,30-31,37,41,44-45H,7-8,10,14-16H2,1-6H3/t22-,23-,24+,30+,31?,37+,39+/m0/s1. The van der Waals surface area contributed by atoms with Gasteiger partial charge in [0.1, 0.15) is 18.4 Å². The summed E-state index contributed by atoms with van der Waals surface area (Å²) in [5, 5.41) is 37.0. The number of fused-ring (bicyclic) bond motifs is 9. The van der Waals surface area contributed by atoms with Gasteiger partial charge in [0.25, 0.3) is 0 Å². The highest BCUT2D eigenvalue weighted by Gasteiger charge is 2.61. The Kier molecular flexibility index (Phi) is 7.91. The van der Waals surface area contributed by atoms with Crippen LogP contribution >= 0.6 is 11.8 Å². The fourth-order valence-corrected chi connectivity index (χ4v) is 11.9. The van der Waals surface area contributed by atoms with Crippen LogP contribution in [0.2, 0.25) is 0 Å². The van der Waals surface area contributed by atoms with Gasteiger partial charge < -0.3 is 38.6 Å². The van der Waals surface area contributed by atoms with Gasteiger partial charge in [-0.2, -0.15) is 5.26 Å². The molecule has 14 heteroatoms. The zero-order valence-electron chi connectivity index (χ0n) is 30.4. The van der Waals surface area contributed by atoms with Gasteiger partial charge in [-0.15, -0.1) is 11.8 Å². The summed E-state index contributed by atoms with van der Waals surface area (Å²) in [5.74, 6) is 2.36. The molecule has 7 heterocycles. The van der Waals surface area contributed by atoms with Crippen LogP contribution in [0.1, 0.15) is 61.8 Å². The van der Waals surface area contributed by atoms with Crippen molar-refractivity contribution in [3.8, 4) is 46.3 Å². The molecule has 2 fully saturated rings. The second kappa shape index (κ2) is 12.2. The first-order valence-electron chi connectivity index (χ1n) is 17.8. The number of carbonyl (C=O) groups excluding carboxylic acids is 1. The van der Waals surface area contributed by atoms with Crippen LogP contribution in [0, 0.1) is 25.2 Å². The number of aromatic hydroxyl groups is 2. The van der Waals surface area contributed by atoms with E-state index in [1.165, 1.54) is 7.11 Å². The molecule has 0 aliphatic carbocycles. The maximum Gasteiger partial charge on any atom is 0.331 e. The molecule has 0 amide bonds. The highest BCUT2D eigenvalue weighted by atomic mass is 32.2. The molecule has 4 bridgehead atoms. The number of hydrogen-bond donors (Lipinski definition) is 3. The molecule has 3 aromatic carbocycles. The number of aryl methyl sites for hydroxylation is 1. The van der Waals surface area contributed by atoms with Crippen molar-refractivity contribution in [3.05, 3.63) is 62.7 Å². The molecule has 3 N–H and O–H groups in total. The number of esters is 1. The van der Waals surface area contributed by atoms with Crippen molar-refractivity contribution in [1.29, 1.82) is 5.26 Å². The highest BCUT2D eigenvalue weighted by molar-refractivity contribution is 7.99. The maximum absolute atomic E-state index is 14.7. The maximum atomic E-state index is 14.7. The number of benzene rings is 3. The average molecular weight is 743 g/mol. The van der Waals surface area contributed by atoms with E-state index >= 15 is 0 Å². The van der Waals surface area contributed by atoms with Gasteiger partial charge in [-0.1, -0.05) is 6.07 Å². The number of piperazine rings is 1. The topological polar surface area (TPSA) is 155 Å². The van der Waals surface area contributed by atoms with E-state index in [0.717, 1.165) is 38.9 Å². The number of nitrogens with one attached hydrogen (secondary N) is 1. The second-order valence-corrected chi connectivity index (χ2v) is 15.8. The third-order valence-corrected chi connectivity index (χ3v) is 13.9. The van der Waals surface area contributed by atoms with Crippen LogP contribution in [0.15, 0.2) is 18.2 Å². The van der Waals surface area contributed by atoms with Crippen LogP contribution in [0.5, 0.6) is 40.2 Å². The van der Waals surface area contributed by atoms with Crippen LogP contribution in [0.4, 0.5) is 0 Å². The molecule has 0 aromatic heterocycles. The lowest BCUT2D eigenvalue weighted by molar-refractivity contribution is -0.157. The van der Waals surface area contributed by atoms with Crippen molar-refractivity contribution in [1.82, 2.24) is 15.1 Å². The van der Waals surface area contributed by atoms with E-state index in [4.69, 9.17) is 28.4 Å². The van der Waals surface area contributed by atoms with Crippen LogP contribution in [-0.4, -0.2) is 98.2 Å². The van der Waals surface area contributed by atoms with Crippen LogP contribution < -0.4 is 29.0 Å². The van der Waals surface area contributed by atoms with Gasteiger partial charge in [-0.25, -0.2) is 4.79 Å². The summed E-state index contributed by atoms with van der Waals surface area (Å²) in [6.45, 7) is 4.30. The van der Waals surface area contributed by atoms with Crippen molar-refractivity contribution >= 4 is 17.7 Å². The lowest BCUT2D eigenvalue weighted by atomic mass is 9.71. The molecule has 7 atom stereocenters. The van der Waals surface area contributed by atoms with Gasteiger partial charge >= 0.3 is 5.97 Å². The molecular formula is C39H42N4O9S. The van der Waals surface area contributed by atoms with Gasteiger partial charge in [0.15, 0.2) is 40.0 Å².